The minimum absolute atomic E-state index is 0.423. The number of para-hydroxylation sites is 1. The van der Waals surface area contributed by atoms with Gasteiger partial charge in [0.05, 0.1) is 11.0 Å². The Morgan fingerprint density at radius 3 is 2.95 bits per heavy atom. The summed E-state index contributed by atoms with van der Waals surface area (Å²) in [5.74, 6) is 0.632. The van der Waals surface area contributed by atoms with Gasteiger partial charge < -0.3 is 10.1 Å². The summed E-state index contributed by atoms with van der Waals surface area (Å²) in [5, 5.41) is 8.56. The van der Waals surface area contributed by atoms with E-state index in [1.54, 1.807) is 0 Å². The molecule has 0 aliphatic rings. The second-order valence-electron chi connectivity index (χ2n) is 4.21. The predicted molar refractivity (Wildman–Crippen MR) is 70.7 cm³/mol. The molecule has 2 aromatic rings. The van der Waals surface area contributed by atoms with Gasteiger partial charge in [-0.3, -0.25) is 4.84 Å². The normalized spacial score (nSPS) is 12.5. The van der Waals surface area contributed by atoms with Crippen LogP contribution < -0.4 is 5.48 Å². The minimum atomic E-state index is -1.22. The number of hydrogen-bond acceptors (Lipinski definition) is 3. The Hall–Kier alpha value is -2.08. The summed E-state index contributed by atoms with van der Waals surface area (Å²) >= 11 is 0. The van der Waals surface area contributed by atoms with Crippen molar-refractivity contribution in [1.29, 1.82) is 0 Å². The fourth-order valence-electron chi connectivity index (χ4n) is 2.00. The van der Waals surface area contributed by atoms with Crippen LogP contribution in [0.2, 0.25) is 0 Å². The number of H-pyrrole nitrogens is 1. The maximum Gasteiger partial charge on any atom is 0.428 e. The Bertz CT molecular complexity index is 580. The molecule has 102 valence electrons. The summed E-state index contributed by atoms with van der Waals surface area (Å²) in [6.45, 7) is 3.98. The monoisotopic (exact) mass is 263 g/mol. The van der Waals surface area contributed by atoms with Gasteiger partial charge in [-0.25, -0.2) is 9.78 Å². The first-order valence-corrected chi connectivity index (χ1v) is 6.27. The summed E-state index contributed by atoms with van der Waals surface area (Å²) in [7, 11) is 0. The number of aromatic nitrogens is 2. The quantitative estimate of drug-likeness (QED) is 0.724. The van der Waals surface area contributed by atoms with Crippen LogP contribution in [0.5, 0.6) is 0 Å². The smallest absolute Gasteiger partial charge is 0.428 e. The Morgan fingerprint density at radius 2 is 2.32 bits per heavy atom. The highest BCUT2D eigenvalue weighted by molar-refractivity contribution is 5.78. The van der Waals surface area contributed by atoms with Crippen LogP contribution in [-0.4, -0.2) is 21.2 Å². The van der Waals surface area contributed by atoms with E-state index in [-0.39, 0.29) is 0 Å². The molecule has 1 aromatic heterocycles. The third-order valence-electron chi connectivity index (χ3n) is 2.96. The maximum atomic E-state index is 10.5. The first kappa shape index (κ1) is 13.4. The van der Waals surface area contributed by atoms with Crippen molar-refractivity contribution in [2.75, 3.05) is 0 Å². The van der Waals surface area contributed by atoms with Crippen molar-refractivity contribution in [3.05, 3.63) is 29.6 Å². The Kier molecular flexibility index (Phi) is 4.01. The topological polar surface area (TPSA) is 87.2 Å². The van der Waals surface area contributed by atoms with Crippen LogP contribution in [0.3, 0.4) is 0 Å². The lowest BCUT2D eigenvalue weighted by Crippen LogP contribution is -2.24. The number of rotatable bonds is 5. The zero-order valence-electron chi connectivity index (χ0n) is 10.9. The molecule has 6 nitrogen and oxygen atoms in total. The van der Waals surface area contributed by atoms with Crippen molar-refractivity contribution < 1.29 is 14.7 Å². The number of nitrogens with one attached hydrogen (secondary N) is 2. The number of amides is 1. The molecule has 1 aromatic carbocycles. The summed E-state index contributed by atoms with van der Waals surface area (Å²) in [6, 6.07) is 5.95. The van der Waals surface area contributed by atoms with E-state index in [0.29, 0.717) is 12.2 Å². The van der Waals surface area contributed by atoms with Gasteiger partial charge in [-0.05, 0) is 24.5 Å². The third kappa shape index (κ3) is 2.85. The molecule has 6 heteroatoms. The first-order chi connectivity index (χ1) is 9.15. The third-order valence-corrected chi connectivity index (χ3v) is 2.96. The number of imidazole rings is 1. The number of benzene rings is 1. The molecule has 3 N–H and O–H groups in total. The van der Waals surface area contributed by atoms with Crippen molar-refractivity contribution in [2.24, 2.45) is 0 Å². The van der Waals surface area contributed by atoms with E-state index in [4.69, 9.17) is 9.94 Å². The average Bonchev–Trinajstić information content (AvgIpc) is 2.82. The van der Waals surface area contributed by atoms with Crippen LogP contribution in [0.1, 0.15) is 37.8 Å². The van der Waals surface area contributed by atoms with Crippen LogP contribution in [0.4, 0.5) is 4.79 Å². The van der Waals surface area contributed by atoms with Crippen molar-refractivity contribution in [1.82, 2.24) is 15.4 Å². The lowest BCUT2D eigenvalue weighted by atomic mass is 10.1. The van der Waals surface area contributed by atoms with E-state index in [0.717, 1.165) is 23.0 Å². The summed E-state index contributed by atoms with van der Waals surface area (Å²) in [6.07, 6.45) is -0.134. The minimum Gasteiger partial charge on any atom is -0.464 e. The molecule has 1 unspecified atom stereocenters. The number of fused-ring (bicyclic) bond motifs is 1. The molecule has 0 fully saturated rings. The second-order valence-corrected chi connectivity index (χ2v) is 4.21. The summed E-state index contributed by atoms with van der Waals surface area (Å²) in [4.78, 5) is 23.3. The maximum absolute atomic E-state index is 10.5. The van der Waals surface area contributed by atoms with E-state index < -0.39 is 12.2 Å². The van der Waals surface area contributed by atoms with E-state index in [2.05, 4.69) is 16.9 Å². The van der Waals surface area contributed by atoms with Crippen molar-refractivity contribution in [2.45, 2.75) is 32.8 Å². The SMILES string of the molecule is CCc1cccc2[nH]c(C(CC)ONC(=O)O)nc12. The number of aromatic amines is 1. The van der Waals surface area contributed by atoms with Gasteiger partial charge in [-0.1, -0.05) is 26.0 Å². The molecule has 0 bridgehead atoms. The molecule has 0 aliphatic heterocycles. The van der Waals surface area contributed by atoms with E-state index in [9.17, 15) is 4.79 Å². The molecule has 2 rings (SSSR count). The highest BCUT2D eigenvalue weighted by atomic mass is 16.7. The van der Waals surface area contributed by atoms with Gasteiger partial charge in [0, 0.05) is 0 Å². The van der Waals surface area contributed by atoms with Gasteiger partial charge in [0.15, 0.2) is 0 Å². The predicted octanol–water partition coefficient (Wildman–Crippen LogP) is 2.78. The summed E-state index contributed by atoms with van der Waals surface area (Å²) < 4.78 is 0. The molecule has 1 atom stereocenters. The van der Waals surface area contributed by atoms with Gasteiger partial charge >= 0.3 is 6.09 Å². The first-order valence-electron chi connectivity index (χ1n) is 6.27. The number of hydroxylamine groups is 1. The van der Waals surface area contributed by atoms with Gasteiger partial charge in [0.25, 0.3) is 0 Å². The Morgan fingerprint density at radius 1 is 1.53 bits per heavy atom. The second kappa shape index (κ2) is 5.71. The van der Waals surface area contributed by atoms with Crippen molar-refractivity contribution >= 4 is 17.1 Å². The highest BCUT2D eigenvalue weighted by Gasteiger charge is 2.17. The van der Waals surface area contributed by atoms with Gasteiger partial charge in [0.2, 0.25) is 0 Å². The van der Waals surface area contributed by atoms with Gasteiger partial charge in [0.1, 0.15) is 11.9 Å². The van der Waals surface area contributed by atoms with Crippen LogP contribution in [0, 0.1) is 0 Å². The van der Waals surface area contributed by atoms with Gasteiger partial charge in [-0.2, -0.15) is 5.48 Å². The number of aryl methyl sites for hydroxylation is 1. The highest BCUT2D eigenvalue weighted by Crippen LogP contribution is 2.23. The number of hydrogen-bond donors (Lipinski definition) is 3. The molecule has 0 spiro atoms. The van der Waals surface area contributed by atoms with E-state index >= 15 is 0 Å². The Labute approximate surface area is 110 Å². The zero-order valence-corrected chi connectivity index (χ0v) is 10.9. The van der Waals surface area contributed by atoms with Crippen LogP contribution in [0.15, 0.2) is 18.2 Å². The zero-order chi connectivity index (χ0) is 13.8. The average molecular weight is 263 g/mol. The van der Waals surface area contributed by atoms with Crippen molar-refractivity contribution in [3.63, 3.8) is 0 Å². The molecule has 1 amide bonds. The van der Waals surface area contributed by atoms with Crippen LogP contribution >= 0.6 is 0 Å². The molecule has 19 heavy (non-hydrogen) atoms. The van der Waals surface area contributed by atoms with E-state index in [1.807, 2.05) is 30.6 Å². The van der Waals surface area contributed by atoms with Gasteiger partial charge in [-0.15, -0.1) is 0 Å². The molecule has 0 aliphatic carbocycles. The molecular weight excluding hydrogens is 246 g/mol. The lowest BCUT2D eigenvalue weighted by molar-refractivity contribution is -0.0229. The number of carbonyl (C=O) groups is 1. The standard InChI is InChI=1S/C13H17N3O3/c1-3-8-6-5-7-9-11(8)15-12(14-9)10(4-2)19-16-13(17)18/h5-7,10,16H,3-4H2,1-2H3,(H,14,15)(H,17,18). The largest absolute Gasteiger partial charge is 0.464 e. The van der Waals surface area contributed by atoms with Crippen LogP contribution in [0.25, 0.3) is 11.0 Å². The number of carboxylic acid groups (broad SMARTS) is 1. The van der Waals surface area contributed by atoms with Crippen molar-refractivity contribution in [3.8, 4) is 0 Å². The number of nitrogens with zero attached hydrogens (tertiary/aromatic N) is 1. The molecule has 0 saturated heterocycles. The lowest BCUT2D eigenvalue weighted by Gasteiger charge is -2.11. The van der Waals surface area contributed by atoms with Crippen LogP contribution in [-0.2, 0) is 11.3 Å². The van der Waals surface area contributed by atoms with E-state index in [1.165, 1.54) is 0 Å². The fourth-order valence-corrected chi connectivity index (χ4v) is 2.00. The molecule has 0 saturated carbocycles. The molecular formula is C13H17N3O3. The fraction of sp³-hybridized carbons (Fsp3) is 0.385. The molecule has 1 heterocycles. The Balaban J connectivity index is 2.30. The molecule has 0 radical (unpaired) electrons. The summed E-state index contributed by atoms with van der Waals surface area (Å²) in [5.41, 5.74) is 4.93.